The lowest BCUT2D eigenvalue weighted by atomic mass is 9.80. The van der Waals surface area contributed by atoms with Crippen LogP contribution in [0.2, 0.25) is 5.02 Å². The molecule has 2 rings (SSSR count). The van der Waals surface area contributed by atoms with Gasteiger partial charge in [0.05, 0.1) is 6.10 Å². The molecule has 106 valence electrons. The molecule has 3 heteroatoms. The van der Waals surface area contributed by atoms with E-state index in [0.717, 1.165) is 36.0 Å². The van der Waals surface area contributed by atoms with Gasteiger partial charge in [0.25, 0.3) is 0 Å². The second kappa shape index (κ2) is 6.15. The predicted molar refractivity (Wildman–Crippen MR) is 80.6 cm³/mol. The van der Waals surface area contributed by atoms with Gasteiger partial charge in [-0.05, 0) is 56.2 Å². The Hall–Kier alpha value is -0.730. The molecular weight excluding hydrogens is 258 g/mol. The molecule has 19 heavy (non-hydrogen) atoms. The predicted octanol–water partition coefficient (Wildman–Crippen LogP) is 4.56. The van der Waals surface area contributed by atoms with Crippen molar-refractivity contribution in [3.8, 4) is 5.75 Å². The second-order valence-electron chi connectivity index (χ2n) is 5.98. The minimum Gasteiger partial charge on any atom is -0.490 e. The Morgan fingerprint density at radius 2 is 2.00 bits per heavy atom. The van der Waals surface area contributed by atoms with Crippen molar-refractivity contribution in [2.75, 3.05) is 0 Å². The summed E-state index contributed by atoms with van der Waals surface area (Å²) >= 11 is 6.03. The van der Waals surface area contributed by atoms with Crippen LogP contribution >= 0.6 is 11.6 Å². The molecule has 4 atom stereocenters. The molecule has 1 aliphatic rings. The largest absolute Gasteiger partial charge is 0.490 e. The molecule has 1 aromatic rings. The first kappa shape index (κ1) is 14.7. The summed E-state index contributed by atoms with van der Waals surface area (Å²) in [7, 11) is 0. The van der Waals surface area contributed by atoms with Crippen molar-refractivity contribution in [1.29, 1.82) is 0 Å². The summed E-state index contributed by atoms with van der Waals surface area (Å²) in [6.07, 6.45) is 3.81. The zero-order chi connectivity index (χ0) is 14.0. The van der Waals surface area contributed by atoms with E-state index in [-0.39, 0.29) is 6.04 Å². The molecule has 0 radical (unpaired) electrons. The minimum atomic E-state index is -0.0614. The number of nitrogens with two attached hydrogens (primary N) is 1. The summed E-state index contributed by atoms with van der Waals surface area (Å²) in [4.78, 5) is 0. The molecule has 0 heterocycles. The van der Waals surface area contributed by atoms with E-state index in [1.165, 1.54) is 6.42 Å². The number of hydrogen-bond acceptors (Lipinski definition) is 2. The Bertz CT molecular complexity index is 433. The lowest BCUT2D eigenvalue weighted by molar-refractivity contribution is 0.0994. The summed E-state index contributed by atoms with van der Waals surface area (Å²) in [6, 6.07) is 5.67. The van der Waals surface area contributed by atoms with E-state index in [0.29, 0.717) is 11.1 Å². The highest BCUT2D eigenvalue weighted by Crippen LogP contribution is 2.34. The Labute approximate surface area is 121 Å². The summed E-state index contributed by atoms with van der Waals surface area (Å²) in [5.74, 6) is 2.42. The monoisotopic (exact) mass is 281 g/mol. The second-order valence-corrected chi connectivity index (χ2v) is 6.41. The third-order valence-corrected chi connectivity index (χ3v) is 4.54. The smallest absolute Gasteiger partial charge is 0.124 e. The first-order chi connectivity index (χ1) is 8.97. The number of halogens is 1. The van der Waals surface area contributed by atoms with Gasteiger partial charge in [-0.25, -0.2) is 0 Å². The Morgan fingerprint density at radius 1 is 1.26 bits per heavy atom. The highest BCUT2D eigenvalue weighted by Gasteiger charge is 2.26. The van der Waals surface area contributed by atoms with Crippen molar-refractivity contribution in [2.24, 2.45) is 17.6 Å². The van der Waals surface area contributed by atoms with Crippen LogP contribution < -0.4 is 10.5 Å². The molecule has 1 aliphatic carbocycles. The minimum absolute atomic E-state index is 0.0614. The molecule has 0 aliphatic heterocycles. The van der Waals surface area contributed by atoms with Gasteiger partial charge in [-0.3, -0.25) is 0 Å². The Balaban J connectivity index is 2.11. The van der Waals surface area contributed by atoms with Crippen LogP contribution in [0.25, 0.3) is 0 Å². The third kappa shape index (κ3) is 3.64. The maximum atomic E-state index is 6.18. The van der Waals surface area contributed by atoms with E-state index in [1.54, 1.807) is 0 Å². The number of benzene rings is 1. The maximum Gasteiger partial charge on any atom is 0.124 e. The summed E-state index contributed by atoms with van der Waals surface area (Å²) in [5, 5.41) is 0.713. The standard InChI is InChI=1S/C16H24ClNO/c1-10-4-6-14(8-11(10)2)19-16-7-5-13(17)9-15(16)12(3)18/h5,7,9-12,14H,4,6,8,18H2,1-3H3. The summed E-state index contributed by atoms with van der Waals surface area (Å²) < 4.78 is 6.18. The fourth-order valence-corrected chi connectivity index (χ4v) is 2.95. The fraction of sp³-hybridized carbons (Fsp3) is 0.625. The summed E-state index contributed by atoms with van der Waals surface area (Å²) in [6.45, 7) is 6.61. The number of hydrogen-bond donors (Lipinski definition) is 1. The number of rotatable bonds is 3. The highest BCUT2D eigenvalue weighted by molar-refractivity contribution is 6.30. The molecule has 1 saturated carbocycles. The first-order valence-electron chi connectivity index (χ1n) is 7.19. The van der Waals surface area contributed by atoms with Crippen molar-refractivity contribution < 1.29 is 4.74 Å². The van der Waals surface area contributed by atoms with E-state index in [4.69, 9.17) is 22.1 Å². The average Bonchev–Trinajstić information content (AvgIpc) is 2.36. The summed E-state index contributed by atoms with van der Waals surface area (Å²) in [5.41, 5.74) is 7.00. The third-order valence-electron chi connectivity index (χ3n) is 4.31. The normalized spacial score (nSPS) is 29.0. The molecule has 2 N–H and O–H groups in total. The van der Waals surface area contributed by atoms with Crippen molar-refractivity contribution in [1.82, 2.24) is 0 Å². The Morgan fingerprint density at radius 3 is 2.63 bits per heavy atom. The lowest BCUT2D eigenvalue weighted by Crippen LogP contribution is -2.29. The van der Waals surface area contributed by atoms with E-state index in [1.807, 2.05) is 25.1 Å². The first-order valence-corrected chi connectivity index (χ1v) is 7.57. The van der Waals surface area contributed by atoms with Gasteiger partial charge >= 0.3 is 0 Å². The van der Waals surface area contributed by atoms with E-state index in [2.05, 4.69) is 13.8 Å². The maximum absolute atomic E-state index is 6.18. The molecule has 0 bridgehead atoms. The molecule has 1 aromatic carbocycles. The van der Waals surface area contributed by atoms with E-state index >= 15 is 0 Å². The van der Waals surface area contributed by atoms with Crippen LogP contribution in [0.15, 0.2) is 18.2 Å². The molecular formula is C16H24ClNO. The molecule has 2 nitrogen and oxygen atoms in total. The van der Waals surface area contributed by atoms with Crippen LogP contribution in [-0.2, 0) is 0 Å². The van der Waals surface area contributed by atoms with Gasteiger partial charge in [0.1, 0.15) is 5.75 Å². The van der Waals surface area contributed by atoms with Gasteiger partial charge in [0.2, 0.25) is 0 Å². The van der Waals surface area contributed by atoms with Crippen LogP contribution in [-0.4, -0.2) is 6.10 Å². The molecule has 0 spiro atoms. The van der Waals surface area contributed by atoms with Gasteiger partial charge in [-0.15, -0.1) is 0 Å². The van der Waals surface area contributed by atoms with Crippen molar-refractivity contribution >= 4 is 11.6 Å². The van der Waals surface area contributed by atoms with Crippen molar-refractivity contribution in [3.05, 3.63) is 28.8 Å². The molecule has 4 unspecified atom stereocenters. The molecule has 0 amide bonds. The van der Waals surface area contributed by atoms with E-state index in [9.17, 15) is 0 Å². The fourth-order valence-electron chi connectivity index (χ4n) is 2.77. The van der Waals surface area contributed by atoms with Crippen molar-refractivity contribution in [3.63, 3.8) is 0 Å². The van der Waals surface area contributed by atoms with Crippen LogP contribution in [0.3, 0.4) is 0 Å². The van der Waals surface area contributed by atoms with Crippen LogP contribution in [0, 0.1) is 11.8 Å². The molecule has 0 saturated heterocycles. The number of ether oxygens (including phenoxy) is 1. The molecule has 1 fully saturated rings. The zero-order valence-corrected chi connectivity index (χ0v) is 12.8. The van der Waals surface area contributed by atoms with Gasteiger partial charge < -0.3 is 10.5 Å². The highest BCUT2D eigenvalue weighted by atomic mass is 35.5. The van der Waals surface area contributed by atoms with Gasteiger partial charge in [-0.2, -0.15) is 0 Å². The average molecular weight is 282 g/mol. The molecule has 0 aromatic heterocycles. The Kier molecular flexibility index (Phi) is 4.75. The van der Waals surface area contributed by atoms with Crippen LogP contribution in [0.1, 0.15) is 51.6 Å². The van der Waals surface area contributed by atoms with Gasteiger partial charge in [0.15, 0.2) is 0 Å². The topological polar surface area (TPSA) is 35.2 Å². The van der Waals surface area contributed by atoms with Crippen molar-refractivity contribution in [2.45, 2.75) is 52.2 Å². The quantitative estimate of drug-likeness (QED) is 0.881. The SMILES string of the molecule is CC(N)c1cc(Cl)ccc1OC1CCC(C)C(C)C1. The van der Waals surface area contributed by atoms with Crippen LogP contribution in [0.4, 0.5) is 0 Å². The van der Waals surface area contributed by atoms with E-state index < -0.39 is 0 Å². The van der Waals surface area contributed by atoms with Gasteiger partial charge in [-0.1, -0.05) is 25.4 Å². The van der Waals surface area contributed by atoms with Gasteiger partial charge in [0, 0.05) is 16.6 Å². The zero-order valence-electron chi connectivity index (χ0n) is 12.0. The van der Waals surface area contributed by atoms with Crippen LogP contribution in [0.5, 0.6) is 5.75 Å². The lowest BCUT2D eigenvalue weighted by Gasteiger charge is -2.33.